The minimum atomic E-state index is -0.444. The molecular weight excluding hydrogens is 338 g/mol. The van der Waals surface area contributed by atoms with Crippen molar-refractivity contribution < 1.29 is 18.8 Å². The highest BCUT2D eigenvalue weighted by atomic mass is 16.5. The molecule has 2 atom stereocenters. The highest BCUT2D eigenvalue weighted by molar-refractivity contribution is 5.85. The maximum atomic E-state index is 13.2. The lowest BCUT2D eigenvalue weighted by molar-refractivity contribution is -0.910. The number of quaternary nitrogens is 1. The molecule has 0 saturated heterocycles. The van der Waals surface area contributed by atoms with Gasteiger partial charge in [-0.25, -0.2) is 0 Å². The molecule has 0 amide bonds. The molecule has 144 valence electrons. The monoisotopic (exact) mass is 368 g/mol. The van der Waals surface area contributed by atoms with E-state index in [0.717, 1.165) is 53.2 Å². The van der Waals surface area contributed by atoms with Crippen molar-refractivity contribution in [2.45, 2.75) is 39.2 Å². The van der Waals surface area contributed by atoms with Crippen molar-refractivity contribution in [3.8, 4) is 11.5 Å². The summed E-state index contributed by atoms with van der Waals surface area (Å²) in [5, 5.41) is 0. The number of hydrogen-bond donors (Lipinski definition) is 0. The van der Waals surface area contributed by atoms with Crippen molar-refractivity contribution in [3.63, 3.8) is 0 Å². The molecule has 4 nitrogen and oxygen atoms in total. The van der Waals surface area contributed by atoms with E-state index in [1.54, 1.807) is 0 Å². The fourth-order valence-electron chi connectivity index (χ4n) is 4.01. The minimum Gasteiger partial charge on any atom is -0.457 e. The molecule has 0 bridgehead atoms. The van der Waals surface area contributed by atoms with Gasteiger partial charge in [0.25, 0.3) is 0 Å². The van der Waals surface area contributed by atoms with E-state index in [4.69, 9.17) is 9.47 Å². The number of esters is 1. The highest BCUT2D eigenvalue weighted by Crippen LogP contribution is 2.44. The lowest BCUT2D eigenvalue weighted by Crippen LogP contribution is -2.49. The maximum Gasteiger partial charge on any atom is 0.318 e. The normalized spacial score (nSPS) is 16.4. The van der Waals surface area contributed by atoms with E-state index in [9.17, 15) is 4.79 Å². The van der Waals surface area contributed by atoms with Crippen LogP contribution in [0.4, 0.5) is 0 Å². The standard InChI is InChI=1S/C23H30NO3/c1-5-15-24(4,6-2)16-17(3)26-23(25)22-18-11-7-9-13-20(18)27-21-14-10-8-12-19(21)22/h7-14,17,22H,5-6,15-16H2,1-4H3/q+1. The molecular formula is C23H30NO3+. The van der Waals surface area contributed by atoms with Crippen molar-refractivity contribution in [1.82, 2.24) is 0 Å². The Morgan fingerprint density at radius 3 is 2.15 bits per heavy atom. The van der Waals surface area contributed by atoms with Crippen LogP contribution in [-0.4, -0.2) is 43.2 Å². The number of rotatable bonds is 7. The summed E-state index contributed by atoms with van der Waals surface area (Å²) in [4.78, 5) is 13.2. The molecule has 27 heavy (non-hydrogen) atoms. The van der Waals surface area contributed by atoms with Crippen LogP contribution in [-0.2, 0) is 9.53 Å². The molecule has 0 aliphatic carbocycles. The minimum absolute atomic E-state index is 0.142. The Balaban J connectivity index is 1.83. The third kappa shape index (κ3) is 4.16. The van der Waals surface area contributed by atoms with Gasteiger partial charge in [-0.05, 0) is 32.4 Å². The number of ether oxygens (including phenoxy) is 2. The number of nitrogens with zero attached hydrogens (tertiary/aromatic N) is 1. The predicted octanol–water partition coefficient (Wildman–Crippen LogP) is 4.73. The van der Waals surface area contributed by atoms with E-state index in [-0.39, 0.29) is 12.1 Å². The fourth-order valence-corrected chi connectivity index (χ4v) is 4.01. The number of benzene rings is 2. The van der Waals surface area contributed by atoms with Gasteiger partial charge in [0, 0.05) is 11.1 Å². The highest BCUT2D eigenvalue weighted by Gasteiger charge is 2.35. The summed E-state index contributed by atoms with van der Waals surface area (Å²) in [5.74, 6) is 0.807. The lowest BCUT2D eigenvalue weighted by Gasteiger charge is -2.35. The maximum absolute atomic E-state index is 13.2. The molecule has 1 heterocycles. The molecule has 0 fully saturated rings. The molecule has 0 saturated carbocycles. The van der Waals surface area contributed by atoms with E-state index in [1.165, 1.54) is 0 Å². The van der Waals surface area contributed by atoms with Crippen molar-refractivity contribution in [2.24, 2.45) is 0 Å². The Labute approximate surface area is 162 Å². The molecule has 4 heteroatoms. The van der Waals surface area contributed by atoms with Crippen LogP contribution >= 0.6 is 0 Å². The van der Waals surface area contributed by atoms with E-state index in [0.29, 0.717) is 0 Å². The molecule has 0 N–H and O–H groups in total. The summed E-state index contributed by atoms with van der Waals surface area (Å²) in [6, 6.07) is 15.4. The molecule has 2 aromatic rings. The van der Waals surface area contributed by atoms with E-state index >= 15 is 0 Å². The fraction of sp³-hybridized carbons (Fsp3) is 0.435. The van der Waals surface area contributed by atoms with Crippen LogP contribution < -0.4 is 4.74 Å². The van der Waals surface area contributed by atoms with Crippen LogP contribution in [0.2, 0.25) is 0 Å². The van der Waals surface area contributed by atoms with Crippen LogP contribution in [0.3, 0.4) is 0 Å². The average Bonchev–Trinajstić information content (AvgIpc) is 2.65. The topological polar surface area (TPSA) is 35.5 Å². The van der Waals surface area contributed by atoms with Gasteiger partial charge in [-0.2, -0.15) is 0 Å². The SMILES string of the molecule is CCC[N+](C)(CC)CC(C)OC(=O)C1c2ccccc2Oc2ccccc21. The van der Waals surface area contributed by atoms with Gasteiger partial charge in [0.1, 0.15) is 30.1 Å². The van der Waals surface area contributed by atoms with Gasteiger partial charge >= 0.3 is 5.97 Å². The third-order valence-corrected chi connectivity index (χ3v) is 5.46. The van der Waals surface area contributed by atoms with Crippen LogP contribution in [0.25, 0.3) is 0 Å². The van der Waals surface area contributed by atoms with Gasteiger partial charge in [0.2, 0.25) is 0 Å². The zero-order chi connectivity index (χ0) is 19.4. The number of carbonyl (C=O) groups is 1. The summed E-state index contributed by atoms with van der Waals surface area (Å²) in [7, 11) is 2.23. The summed E-state index contributed by atoms with van der Waals surface area (Å²) in [5.41, 5.74) is 1.74. The summed E-state index contributed by atoms with van der Waals surface area (Å²) in [6.07, 6.45) is 0.974. The van der Waals surface area contributed by atoms with Crippen LogP contribution in [0, 0.1) is 0 Å². The smallest absolute Gasteiger partial charge is 0.318 e. The first kappa shape index (κ1) is 19.4. The lowest BCUT2D eigenvalue weighted by atomic mass is 9.88. The van der Waals surface area contributed by atoms with Gasteiger partial charge in [0.15, 0.2) is 0 Å². The Bertz CT molecular complexity index is 758. The first-order valence-corrected chi connectivity index (χ1v) is 9.87. The number of carbonyl (C=O) groups excluding carboxylic acids is 1. The molecule has 0 aromatic heterocycles. The predicted molar refractivity (Wildman–Crippen MR) is 107 cm³/mol. The molecule has 2 aromatic carbocycles. The van der Waals surface area contributed by atoms with Gasteiger partial charge in [0.05, 0.1) is 20.1 Å². The molecule has 1 aliphatic rings. The number of para-hydroxylation sites is 2. The van der Waals surface area contributed by atoms with Crippen molar-refractivity contribution in [3.05, 3.63) is 59.7 Å². The Morgan fingerprint density at radius 1 is 1.07 bits per heavy atom. The second kappa shape index (κ2) is 8.13. The second-order valence-electron chi connectivity index (χ2n) is 7.70. The van der Waals surface area contributed by atoms with Gasteiger partial charge in [-0.1, -0.05) is 43.3 Å². The van der Waals surface area contributed by atoms with E-state index in [1.807, 2.05) is 55.5 Å². The van der Waals surface area contributed by atoms with Crippen molar-refractivity contribution in [1.29, 1.82) is 0 Å². The summed E-state index contributed by atoms with van der Waals surface area (Å²) in [6.45, 7) is 9.31. The Kier molecular flexibility index (Phi) is 5.85. The number of likely N-dealkylation sites (N-methyl/N-ethyl adjacent to an activating group) is 1. The van der Waals surface area contributed by atoms with Crippen molar-refractivity contribution in [2.75, 3.05) is 26.7 Å². The largest absolute Gasteiger partial charge is 0.457 e. The molecule has 1 aliphatic heterocycles. The Hall–Kier alpha value is -2.33. The van der Waals surface area contributed by atoms with Gasteiger partial charge in [-0.15, -0.1) is 0 Å². The van der Waals surface area contributed by atoms with Crippen LogP contribution in [0.15, 0.2) is 48.5 Å². The van der Waals surface area contributed by atoms with Gasteiger partial charge < -0.3 is 14.0 Å². The van der Waals surface area contributed by atoms with Crippen LogP contribution in [0.5, 0.6) is 11.5 Å². The molecule has 3 rings (SSSR count). The summed E-state index contributed by atoms with van der Waals surface area (Å²) < 4.78 is 12.8. The number of fused-ring (bicyclic) bond motifs is 2. The van der Waals surface area contributed by atoms with Gasteiger partial charge in [-0.3, -0.25) is 4.79 Å². The molecule has 2 unspecified atom stereocenters. The quantitative estimate of drug-likeness (QED) is 0.523. The number of hydrogen-bond acceptors (Lipinski definition) is 3. The second-order valence-corrected chi connectivity index (χ2v) is 7.70. The van der Waals surface area contributed by atoms with E-state index < -0.39 is 5.92 Å². The first-order valence-electron chi connectivity index (χ1n) is 9.87. The van der Waals surface area contributed by atoms with Crippen LogP contribution in [0.1, 0.15) is 44.2 Å². The zero-order valence-electron chi connectivity index (χ0n) is 16.8. The summed E-state index contributed by atoms with van der Waals surface area (Å²) >= 11 is 0. The molecule has 0 spiro atoms. The molecule has 0 radical (unpaired) electrons. The zero-order valence-corrected chi connectivity index (χ0v) is 16.8. The third-order valence-electron chi connectivity index (χ3n) is 5.46. The average molecular weight is 368 g/mol. The van der Waals surface area contributed by atoms with Crippen molar-refractivity contribution >= 4 is 5.97 Å². The first-order chi connectivity index (χ1) is 13.0. The van der Waals surface area contributed by atoms with E-state index in [2.05, 4.69) is 20.9 Å². The Morgan fingerprint density at radius 2 is 1.63 bits per heavy atom.